The second-order valence-corrected chi connectivity index (χ2v) is 7.80. The van der Waals surface area contributed by atoms with Gasteiger partial charge in [0, 0.05) is 30.1 Å². The predicted molar refractivity (Wildman–Crippen MR) is 117 cm³/mol. The first-order valence-electron chi connectivity index (χ1n) is 10.1. The van der Waals surface area contributed by atoms with Gasteiger partial charge in [-0.15, -0.1) is 0 Å². The van der Waals surface area contributed by atoms with Crippen LogP contribution in [0.3, 0.4) is 0 Å². The van der Waals surface area contributed by atoms with Crippen molar-refractivity contribution in [2.24, 2.45) is 5.92 Å². The molecule has 0 bridgehead atoms. The minimum atomic E-state index is -0.0645. The topological polar surface area (TPSA) is 49.4 Å². The summed E-state index contributed by atoms with van der Waals surface area (Å²) in [6, 6.07) is 17.3. The molecule has 29 heavy (non-hydrogen) atoms. The molecule has 1 fully saturated rings. The van der Waals surface area contributed by atoms with Crippen molar-refractivity contribution in [2.75, 3.05) is 13.1 Å². The average Bonchev–Trinajstić information content (AvgIpc) is 2.76. The molecule has 5 heteroatoms. The molecule has 1 atom stereocenters. The van der Waals surface area contributed by atoms with Crippen LogP contribution in [0.2, 0.25) is 5.02 Å². The van der Waals surface area contributed by atoms with E-state index in [-0.39, 0.29) is 23.8 Å². The van der Waals surface area contributed by atoms with Crippen LogP contribution in [0.15, 0.2) is 60.7 Å². The first kappa shape index (κ1) is 21.1. The maximum atomic E-state index is 12.8. The number of rotatable bonds is 6. The third-order valence-electron chi connectivity index (χ3n) is 5.37. The molecule has 152 valence electrons. The molecule has 1 aliphatic heterocycles. The fourth-order valence-electron chi connectivity index (χ4n) is 3.63. The molecular formula is C24H27ClN2O2. The Morgan fingerprint density at radius 1 is 1.14 bits per heavy atom. The quantitative estimate of drug-likeness (QED) is 0.691. The van der Waals surface area contributed by atoms with E-state index in [0.717, 1.165) is 17.5 Å². The van der Waals surface area contributed by atoms with Gasteiger partial charge in [-0.05, 0) is 48.6 Å². The average molecular weight is 411 g/mol. The van der Waals surface area contributed by atoms with E-state index < -0.39 is 0 Å². The molecule has 0 radical (unpaired) electrons. The lowest BCUT2D eigenvalue weighted by Crippen LogP contribution is -2.43. The van der Waals surface area contributed by atoms with Crippen LogP contribution in [-0.2, 0) is 9.59 Å². The van der Waals surface area contributed by atoms with Gasteiger partial charge in [-0.25, -0.2) is 0 Å². The number of amides is 2. The Morgan fingerprint density at radius 3 is 2.52 bits per heavy atom. The van der Waals surface area contributed by atoms with Crippen molar-refractivity contribution in [3.63, 3.8) is 0 Å². The first-order chi connectivity index (χ1) is 14.1. The highest BCUT2D eigenvalue weighted by Crippen LogP contribution is 2.23. The smallest absolute Gasteiger partial charge is 0.246 e. The molecule has 1 aliphatic rings. The molecule has 2 amide bonds. The molecule has 2 aromatic rings. The second-order valence-electron chi connectivity index (χ2n) is 7.37. The summed E-state index contributed by atoms with van der Waals surface area (Å²) >= 11 is 6.09. The Bertz CT molecular complexity index is 858. The zero-order chi connectivity index (χ0) is 20.6. The molecule has 2 aromatic carbocycles. The number of hydrogen-bond acceptors (Lipinski definition) is 2. The zero-order valence-corrected chi connectivity index (χ0v) is 17.4. The lowest BCUT2D eigenvalue weighted by atomic mass is 9.94. The van der Waals surface area contributed by atoms with Crippen LogP contribution < -0.4 is 5.32 Å². The molecule has 1 N–H and O–H groups in total. The second kappa shape index (κ2) is 10.3. The summed E-state index contributed by atoms with van der Waals surface area (Å²) in [5, 5.41) is 3.83. The third kappa shape index (κ3) is 5.94. The summed E-state index contributed by atoms with van der Waals surface area (Å²) in [4.78, 5) is 27.0. The van der Waals surface area contributed by atoms with Crippen molar-refractivity contribution >= 4 is 29.5 Å². The van der Waals surface area contributed by atoms with Crippen molar-refractivity contribution in [3.05, 3.63) is 76.8 Å². The molecule has 0 spiro atoms. The van der Waals surface area contributed by atoms with Gasteiger partial charge in [0.1, 0.15) is 0 Å². The summed E-state index contributed by atoms with van der Waals surface area (Å²) < 4.78 is 0. The van der Waals surface area contributed by atoms with E-state index in [2.05, 4.69) is 5.32 Å². The fourth-order valence-corrected chi connectivity index (χ4v) is 3.83. The molecule has 1 unspecified atom stereocenters. The summed E-state index contributed by atoms with van der Waals surface area (Å²) in [5.74, 6) is -0.00721. The number of carbonyl (C=O) groups excluding carboxylic acids is 2. The Kier molecular flexibility index (Phi) is 7.48. The Labute approximate surface area is 177 Å². The van der Waals surface area contributed by atoms with E-state index >= 15 is 0 Å². The van der Waals surface area contributed by atoms with Crippen LogP contribution in [0.1, 0.15) is 43.4 Å². The van der Waals surface area contributed by atoms with Gasteiger partial charge in [0.25, 0.3) is 0 Å². The van der Waals surface area contributed by atoms with Crippen molar-refractivity contribution in [1.82, 2.24) is 10.2 Å². The SMILES string of the molecule is CCC(NC(=O)C1CCN(C(=O)/C=C/c2ccccc2)CC1)c1cccc(Cl)c1. The highest BCUT2D eigenvalue weighted by molar-refractivity contribution is 6.30. The van der Waals surface area contributed by atoms with Gasteiger partial charge in [-0.2, -0.15) is 0 Å². The number of piperidine rings is 1. The molecule has 3 rings (SSSR count). The van der Waals surface area contributed by atoms with E-state index in [1.165, 1.54) is 0 Å². The van der Waals surface area contributed by atoms with Crippen molar-refractivity contribution in [1.29, 1.82) is 0 Å². The number of benzene rings is 2. The van der Waals surface area contributed by atoms with Crippen LogP contribution in [0.4, 0.5) is 0 Å². The van der Waals surface area contributed by atoms with Gasteiger partial charge in [-0.3, -0.25) is 9.59 Å². The standard InChI is InChI=1S/C24H27ClN2O2/c1-2-22(20-9-6-10-21(25)17-20)26-24(29)19-13-15-27(16-14-19)23(28)12-11-18-7-4-3-5-8-18/h3-12,17,19,22H,2,13-16H2,1H3,(H,26,29)/b12-11+. The van der Waals surface area contributed by atoms with E-state index in [0.29, 0.717) is 31.0 Å². The molecule has 0 aliphatic carbocycles. The highest BCUT2D eigenvalue weighted by Gasteiger charge is 2.27. The van der Waals surface area contributed by atoms with Crippen molar-refractivity contribution in [2.45, 2.75) is 32.2 Å². The monoisotopic (exact) mass is 410 g/mol. The van der Waals surface area contributed by atoms with Crippen LogP contribution in [-0.4, -0.2) is 29.8 Å². The Balaban J connectivity index is 1.51. The lowest BCUT2D eigenvalue weighted by Gasteiger charge is -2.31. The summed E-state index contributed by atoms with van der Waals surface area (Å²) in [6.07, 6.45) is 5.61. The Morgan fingerprint density at radius 2 is 1.86 bits per heavy atom. The Hall–Kier alpha value is -2.59. The maximum Gasteiger partial charge on any atom is 0.246 e. The first-order valence-corrected chi connectivity index (χ1v) is 10.5. The van der Waals surface area contributed by atoms with Crippen LogP contribution in [0.5, 0.6) is 0 Å². The number of carbonyl (C=O) groups is 2. The summed E-state index contributed by atoms with van der Waals surface area (Å²) in [6.45, 7) is 3.25. The highest BCUT2D eigenvalue weighted by atomic mass is 35.5. The minimum absolute atomic E-state index is 0.00178. The molecular weight excluding hydrogens is 384 g/mol. The van der Waals surface area contributed by atoms with Gasteiger partial charge < -0.3 is 10.2 Å². The largest absolute Gasteiger partial charge is 0.349 e. The van der Waals surface area contributed by atoms with Crippen molar-refractivity contribution in [3.8, 4) is 0 Å². The van der Waals surface area contributed by atoms with E-state index in [4.69, 9.17) is 11.6 Å². The number of hydrogen-bond donors (Lipinski definition) is 1. The summed E-state index contributed by atoms with van der Waals surface area (Å²) in [5.41, 5.74) is 2.02. The van der Waals surface area contributed by atoms with Crippen molar-refractivity contribution < 1.29 is 9.59 Å². The van der Waals surface area contributed by atoms with Gasteiger partial charge in [0.05, 0.1) is 6.04 Å². The zero-order valence-electron chi connectivity index (χ0n) is 16.7. The predicted octanol–water partition coefficient (Wildman–Crippen LogP) is 4.86. The normalized spacial score (nSPS) is 16.0. The molecule has 0 saturated carbocycles. The molecule has 1 heterocycles. The molecule has 1 saturated heterocycles. The van der Waals surface area contributed by atoms with Gasteiger partial charge in [-0.1, -0.05) is 61.0 Å². The van der Waals surface area contributed by atoms with Gasteiger partial charge in [0.15, 0.2) is 0 Å². The van der Waals surface area contributed by atoms with Crippen LogP contribution >= 0.6 is 11.6 Å². The van der Waals surface area contributed by atoms with Crippen LogP contribution in [0, 0.1) is 5.92 Å². The number of nitrogens with zero attached hydrogens (tertiary/aromatic N) is 1. The number of halogens is 1. The number of nitrogens with one attached hydrogen (secondary N) is 1. The molecule has 4 nitrogen and oxygen atoms in total. The number of likely N-dealkylation sites (tertiary alicyclic amines) is 1. The van der Waals surface area contributed by atoms with Gasteiger partial charge in [0.2, 0.25) is 11.8 Å². The molecule has 0 aromatic heterocycles. The lowest BCUT2D eigenvalue weighted by molar-refractivity contribution is -0.132. The van der Waals surface area contributed by atoms with Gasteiger partial charge >= 0.3 is 0 Å². The van der Waals surface area contributed by atoms with Crippen LogP contribution in [0.25, 0.3) is 6.08 Å². The van der Waals surface area contributed by atoms with E-state index in [9.17, 15) is 9.59 Å². The maximum absolute atomic E-state index is 12.8. The van der Waals surface area contributed by atoms with E-state index in [1.54, 1.807) is 6.08 Å². The minimum Gasteiger partial charge on any atom is -0.349 e. The summed E-state index contributed by atoms with van der Waals surface area (Å²) in [7, 11) is 0. The van der Waals surface area contributed by atoms with E-state index in [1.807, 2.05) is 72.5 Å². The fraction of sp³-hybridized carbons (Fsp3) is 0.333. The third-order valence-corrected chi connectivity index (χ3v) is 5.61.